The van der Waals surface area contributed by atoms with Crippen LogP contribution in [-0.2, 0) is 4.74 Å². The minimum absolute atomic E-state index is 0.0138. The number of pyridine rings is 1. The summed E-state index contributed by atoms with van der Waals surface area (Å²) in [5.74, 6) is -2.61. The lowest BCUT2D eigenvalue weighted by Gasteiger charge is -2.37. The van der Waals surface area contributed by atoms with Crippen molar-refractivity contribution in [1.29, 1.82) is 0 Å². The summed E-state index contributed by atoms with van der Waals surface area (Å²) in [5, 5.41) is 7.84. The average molecular weight is 467 g/mol. The van der Waals surface area contributed by atoms with Crippen LogP contribution < -0.4 is 10.2 Å². The van der Waals surface area contributed by atoms with Gasteiger partial charge in [0, 0.05) is 48.1 Å². The van der Waals surface area contributed by atoms with Crippen LogP contribution >= 0.6 is 0 Å². The van der Waals surface area contributed by atoms with Crippen molar-refractivity contribution < 1.29 is 17.9 Å². The third kappa shape index (κ3) is 3.43. The molecule has 1 aromatic carbocycles. The molecule has 0 radical (unpaired) electrons. The highest BCUT2D eigenvalue weighted by Crippen LogP contribution is 2.33. The van der Waals surface area contributed by atoms with E-state index in [1.165, 1.54) is 10.6 Å². The van der Waals surface area contributed by atoms with Crippen molar-refractivity contribution in [1.82, 2.24) is 24.6 Å². The average Bonchev–Trinajstić information content (AvgIpc) is 3.33. The summed E-state index contributed by atoms with van der Waals surface area (Å²) in [5.41, 5.74) is 1.46. The van der Waals surface area contributed by atoms with E-state index in [2.05, 4.69) is 30.3 Å². The highest BCUT2D eigenvalue weighted by atomic mass is 19.2. The van der Waals surface area contributed by atoms with Gasteiger partial charge in [-0.25, -0.2) is 27.7 Å². The van der Waals surface area contributed by atoms with Crippen molar-refractivity contribution in [2.45, 2.75) is 19.1 Å². The van der Waals surface area contributed by atoms with E-state index in [0.29, 0.717) is 30.3 Å². The zero-order valence-corrected chi connectivity index (χ0v) is 18.1. The first kappa shape index (κ1) is 20.8. The van der Waals surface area contributed by atoms with E-state index in [1.807, 2.05) is 13.0 Å². The van der Waals surface area contributed by atoms with Crippen LogP contribution in [0.15, 0.2) is 42.9 Å². The predicted molar refractivity (Wildman–Crippen MR) is 118 cm³/mol. The molecule has 11 heteroatoms. The first-order chi connectivity index (χ1) is 16.5. The number of nitrogens with one attached hydrogen (secondary N) is 1. The molecule has 2 aliphatic heterocycles. The van der Waals surface area contributed by atoms with Gasteiger partial charge in [0.25, 0.3) is 0 Å². The Hall–Kier alpha value is -3.73. The van der Waals surface area contributed by atoms with Gasteiger partial charge < -0.3 is 15.0 Å². The van der Waals surface area contributed by atoms with Crippen LogP contribution in [0.5, 0.6) is 0 Å². The van der Waals surface area contributed by atoms with Gasteiger partial charge in [0.2, 0.25) is 5.95 Å². The molecule has 3 atom stereocenters. The van der Waals surface area contributed by atoms with E-state index in [1.54, 1.807) is 24.7 Å². The maximum Gasteiger partial charge on any atom is 0.243 e. The molecule has 0 saturated carbocycles. The van der Waals surface area contributed by atoms with E-state index in [4.69, 9.17) is 4.74 Å². The number of rotatable bonds is 4. The van der Waals surface area contributed by atoms with Gasteiger partial charge in [-0.15, -0.1) is 5.10 Å². The van der Waals surface area contributed by atoms with Crippen LogP contribution in [0.2, 0.25) is 0 Å². The third-order valence-corrected chi connectivity index (χ3v) is 6.38. The minimum Gasteiger partial charge on any atom is -0.374 e. The Morgan fingerprint density at radius 2 is 1.94 bits per heavy atom. The highest BCUT2D eigenvalue weighted by Gasteiger charge is 2.44. The molecule has 0 spiro atoms. The molecule has 6 rings (SSSR count). The molecule has 4 aromatic rings. The maximum atomic E-state index is 14.4. The summed E-state index contributed by atoms with van der Waals surface area (Å²) in [7, 11) is 0. The van der Waals surface area contributed by atoms with Gasteiger partial charge in [-0.2, -0.15) is 4.98 Å². The third-order valence-electron chi connectivity index (χ3n) is 6.38. The van der Waals surface area contributed by atoms with Crippen LogP contribution in [0.25, 0.3) is 16.8 Å². The second-order valence-corrected chi connectivity index (χ2v) is 8.57. The standard InChI is InChI=1S/C23H20F3N7O/c1-12-7-18(28-11-27-12)32-8-13-10-34-17(9-32)21(13)29-23-30-22-15(3-2-6-33(22)31-23)14-4-5-16(24)20(26)19(14)25/h2-7,11,13,17,21H,8-10H2,1H3,(H,29,31)/t13-,17-,21?/m1/s1. The van der Waals surface area contributed by atoms with Crippen LogP contribution in [0.1, 0.15) is 5.69 Å². The van der Waals surface area contributed by atoms with E-state index < -0.39 is 17.5 Å². The lowest BCUT2D eigenvalue weighted by atomic mass is 9.93. The van der Waals surface area contributed by atoms with E-state index in [0.717, 1.165) is 24.1 Å². The normalized spacial score (nSPS) is 21.9. The van der Waals surface area contributed by atoms with Gasteiger partial charge in [0.15, 0.2) is 23.1 Å². The molecule has 174 valence electrons. The fourth-order valence-electron chi connectivity index (χ4n) is 4.74. The Morgan fingerprint density at radius 3 is 2.76 bits per heavy atom. The fourth-order valence-corrected chi connectivity index (χ4v) is 4.74. The second kappa shape index (κ2) is 7.94. The summed E-state index contributed by atoms with van der Waals surface area (Å²) in [6.45, 7) is 3.94. The number of aryl methyl sites for hydroxylation is 1. The maximum absolute atomic E-state index is 14.4. The number of nitrogens with zero attached hydrogens (tertiary/aromatic N) is 6. The van der Waals surface area contributed by atoms with Crippen molar-refractivity contribution in [3.8, 4) is 11.1 Å². The molecule has 0 aliphatic carbocycles. The number of hydrogen-bond donors (Lipinski definition) is 1. The van der Waals surface area contributed by atoms with E-state index in [-0.39, 0.29) is 23.6 Å². The number of hydrogen-bond acceptors (Lipinski definition) is 7. The van der Waals surface area contributed by atoms with Gasteiger partial charge in [0.1, 0.15) is 12.1 Å². The van der Waals surface area contributed by atoms with Crippen molar-refractivity contribution in [3.05, 3.63) is 66.0 Å². The Balaban J connectivity index is 1.27. The molecular weight excluding hydrogens is 447 g/mol. The number of ether oxygens (including phenoxy) is 1. The predicted octanol–water partition coefficient (Wildman–Crippen LogP) is 3.23. The number of piperidine rings is 1. The van der Waals surface area contributed by atoms with Crippen LogP contribution in [0.4, 0.5) is 24.9 Å². The van der Waals surface area contributed by atoms with Crippen molar-refractivity contribution in [2.24, 2.45) is 5.92 Å². The number of halogens is 3. The number of benzene rings is 1. The summed E-state index contributed by atoms with van der Waals surface area (Å²) < 4.78 is 49.2. The molecule has 2 aliphatic rings. The molecule has 0 amide bonds. The monoisotopic (exact) mass is 467 g/mol. The quantitative estimate of drug-likeness (QED) is 0.462. The second-order valence-electron chi connectivity index (χ2n) is 8.57. The Bertz CT molecular complexity index is 1380. The Labute approximate surface area is 192 Å². The molecule has 2 fully saturated rings. The smallest absolute Gasteiger partial charge is 0.243 e. The molecule has 5 heterocycles. The SMILES string of the molecule is Cc1cc(N2C[C@@H]3CO[C@H](C2)C3Nc2nc3c(-c4ccc(F)c(F)c4F)cccn3n2)ncn1. The number of anilines is 2. The Kier molecular flexibility index (Phi) is 4.87. The largest absolute Gasteiger partial charge is 0.374 e. The lowest BCUT2D eigenvalue weighted by Crippen LogP contribution is -2.51. The zero-order valence-electron chi connectivity index (χ0n) is 18.1. The molecule has 1 unspecified atom stereocenters. The van der Waals surface area contributed by atoms with Gasteiger partial charge >= 0.3 is 0 Å². The molecular formula is C23H20F3N7O. The number of fused-ring (bicyclic) bond motifs is 3. The highest BCUT2D eigenvalue weighted by molar-refractivity contribution is 5.78. The topological polar surface area (TPSA) is 80.5 Å². The fraction of sp³-hybridized carbons (Fsp3) is 0.304. The molecule has 1 N–H and O–H groups in total. The summed E-state index contributed by atoms with van der Waals surface area (Å²) in [6, 6.07) is 7.28. The lowest BCUT2D eigenvalue weighted by molar-refractivity contribution is 0.115. The molecule has 34 heavy (non-hydrogen) atoms. The van der Waals surface area contributed by atoms with Crippen LogP contribution in [0, 0.1) is 30.3 Å². The molecule has 8 nitrogen and oxygen atoms in total. The summed E-state index contributed by atoms with van der Waals surface area (Å²) >= 11 is 0. The van der Waals surface area contributed by atoms with Crippen LogP contribution in [0.3, 0.4) is 0 Å². The van der Waals surface area contributed by atoms with E-state index >= 15 is 0 Å². The van der Waals surface area contributed by atoms with Gasteiger partial charge in [-0.3, -0.25) is 0 Å². The van der Waals surface area contributed by atoms with Crippen LogP contribution in [-0.4, -0.2) is 56.4 Å². The Morgan fingerprint density at radius 1 is 1.06 bits per heavy atom. The van der Waals surface area contributed by atoms with Gasteiger partial charge in [-0.1, -0.05) is 0 Å². The molecule has 3 aromatic heterocycles. The molecule has 2 bridgehead atoms. The van der Waals surface area contributed by atoms with Gasteiger partial charge in [-0.05, 0) is 31.2 Å². The zero-order chi connectivity index (χ0) is 23.4. The molecule has 2 saturated heterocycles. The van der Waals surface area contributed by atoms with Crippen molar-refractivity contribution in [3.63, 3.8) is 0 Å². The summed E-state index contributed by atoms with van der Waals surface area (Å²) in [6.07, 6.45) is 3.13. The van der Waals surface area contributed by atoms with E-state index in [9.17, 15) is 13.2 Å². The minimum atomic E-state index is -1.52. The van der Waals surface area contributed by atoms with Crippen molar-refractivity contribution >= 4 is 17.4 Å². The van der Waals surface area contributed by atoms with Gasteiger partial charge in [0.05, 0.1) is 18.8 Å². The van der Waals surface area contributed by atoms with Crippen molar-refractivity contribution in [2.75, 3.05) is 29.9 Å². The summed E-state index contributed by atoms with van der Waals surface area (Å²) in [4.78, 5) is 15.3. The number of aromatic nitrogens is 5. The first-order valence-corrected chi connectivity index (χ1v) is 10.9. The first-order valence-electron chi connectivity index (χ1n) is 10.9.